The molecule has 0 spiro atoms. The van der Waals surface area contributed by atoms with Gasteiger partial charge in [-0.3, -0.25) is 0 Å². The maximum absolute atomic E-state index is 5.44. The fraction of sp³-hybridized carbons (Fsp3) is 0.261. The summed E-state index contributed by atoms with van der Waals surface area (Å²) in [5.41, 5.74) is 5.41. The van der Waals surface area contributed by atoms with Gasteiger partial charge < -0.3 is 9.84 Å². The lowest BCUT2D eigenvalue weighted by Gasteiger charge is -2.05. The van der Waals surface area contributed by atoms with Crippen LogP contribution in [0, 0.1) is 6.92 Å². The smallest absolute Gasteiger partial charge is 0.258 e. The van der Waals surface area contributed by atoms with Crippen LogP contribution in [0.1, 0.15) is 42.4 Å². The topological polar surface area (TPSA) is 68.8 Å². The van der Waals surface area contributed by atoms with Crippen LogP contribution >= 0.6 is 0 Å². The molecular formula is C23H25N5O. The summed E-state index contributed by atoms with van der Waals surface area (Å²) in [6.45, 7) is 7.58. The van der Waals surface area contributed by atoms with Gasteiger partial charge in [0, 0.05) is 23.9 Å². The maximum atomic E-state index is 5.44. The minimum Gasteiger partial charge on any atom is -0.334 e. The summed E-state index contributed by atoms with van der Waals surface area (Å²) in [6, 6.07) is 18.2. The molecule has 4 rings (SSSR count). The highest BCUT2D eigenvalue weighted by Gasteiger charge is 2.14. The van der Waals surface area contributed by atoms with E-state index in [2.05, 4.69) is 47.6 Å². The third-order valence-corrected chi connectivity index (χ3v) is 4.83. The number of nitrogens with one attached hydrogen (secondary N) is 1. The summed E-state index contributed by atoms with van der Waals surface area (Å²) in [7, 11) is 0. The van der Waals surface area contributed by atoms with E-state index in [9.17, 15) is 0 Å². The van der Waals surface area contributed by atoms with Crippen LogP contribution in [0.3, 0.4) is 0 Å². The van der Waals surface area contributed by atoms with Gasteiger partial charge in [0.15, 0.2) is 5.82 Å². The van der Waals surface area contributed by atoms with Crippen molar-refractivity contribution in [1.29, 1.82) is 0 Å². The van der Waals surface area contributed by atoms with Gasteiger partial charge in [0.05, 0.1) is 17.9 Å². The SMILES string of the molecule is Cc1ccccc1-c1nc(CNCc2cn(-c3ccccc3)nc2C(C)C)no1. The van der Waals surface area contributed by atoms with Crippen LogP contribution < -0.4 is 5.32 Å². The summed E-state index contributed by atoms with van der Waals surface area (Å²) in [6.07, 6.45) is 2.09. The molecule has 29 heavy (non-hydrogen) atoms. The molecule has 0 aliphatic rings. The second kappa shape index (κ2) is 8.41. The number of para-hydroxylation sites is 1. The standard InChI is InChI=1S/C23H25N5O/c1-16(2)22-18(15-28(26-22)19-10-5-4-6-11-19)13-24-14-21-25-23(29-27-21)20-12-8-7-9-17(20)3/h4-12,15-16,24H,13-14H2,1-3H3. The first kappa shape index (κ1) is 19.1. The quantitative estimate of drug-likeness (QED) is 0.500. The molecule has 2 aromatic carbocycles. The molecule has 0 bridgehead atoms. The van der Waals surface area contributed by atoms with Crippen molar-refractivity contribution in [3.63, 3.8) is 0 Å². The zero-order chi connectivity index (χ0) is 20.2. The first-order chi connectivity index (χ1) is 14.1. The molecule has 0 unspecified atom stereocenters. The number of hydrogen-bond acceptors (Lipinski definition) is 5. The molecule has 6 heteroatoms. The van der Waals surface area contributed by atoms with E-state index in [1.54, 1.807) is 0 Å². The first-order valence-corrected chi connectivity index (χ1v) is 9.85. The van der Waals surface area contributed by atoms with E-state index in [1.807, 2.05) is 54.1 Å². The zero-order valence-electron chi connectivity index (χ0n) is 17.0. The van der Waals surface area contributed by atoms with E-state index >= 15 is 0 Å². The molecule has 0 saturated carbocycles. The number of aryl methyl sites for hydroxylation is 1. The predicted molar refractivity (Wildman–Crippen MR) is 113 cm³/mol. The molecule has 2 heterocycles. The van der Waals surface area contributed by atoms with Gasteiger partial charge in [-0.1, -0.05) is 55.4 Å². The predicted octanol–water partition coefficient (Wildman–Crippen LogP) is 4.64. The van der Waals surface area contributed by atoms with Gasteiger partial charge in [-0.15, -0.1) is 0 Å². The Morgan fingerprint density at radius 1 is 1.00 bits per heavy atom. The largest absolute Gasteiger partial charge is 0.334 e. The minimum absolute atomic E-state index is 0.342. The van der Waals surface area contributed by atoms with E-state index in [1.165, 1.54) is 5.56 Å². The van der Waals surface area contributed by atoms with Gasteiger partial charge in [-0.25, -0.2) is 4.68 Å². The lowest BCUT2D eigenvalue weighted by Crippen LogP contribution is -2.14. The maximum Gasteiger partial charge on any atom is 0.258 e. The van der Waals surface area contributed by atoms with Crippen LogP contribution in [0.2, 0.25) is 0 Å². The Kier molecular flexibility index (Phi) is 5.53. The van der Waals surface area contributed by atoms with E-state index in [0.29, 0.717) is 30.7 Å². The molecule has 1 N–H and O–H groups in total. The van der Waals surface area contributed by atoms with Crippen LogP contribution in [-0.4, -0.2) is 19.9 Å². The lowest BCUT2D eigenvalue weighted by atomic mass is 10.1. The second-order valence-corrected chi connectivity index (χ2v) is 7.41. The van der Waals surface area contributed by atoms with E-state index in [-0.39, 0.29) is 0 Å². The average molecular weight is 387 g/mol. The molecule has 0 amide bonds. The van der Waals surface area contributed by atoms with Crippen LogP contribution in [-0.2, 0) is 13.1 Å². The van der Waals surface area contributed by atoms with Crippen LogP contribution in [0.5, 0.6) is 0 Å². The molecule has 4 aromatic rings. The lowest BCUT2D eigenvalue weighted by molar-refractivity contribution is 0.419. The Labute approximate surface area is 170 Å². The van der Waals surface area contributed by atoms with Gasteiger partial charge in [0.25, 0.3) is 5.89 Å². The van der Waals surface area contributed by atoms with E-state index in [4.69, 9.17) is 9.62 Å². The summed E-state index contributed by atoms with van der Waals surface area (Å²) in [5, 5.41) is 12.3. The Balaban J connectivity index is 1.45. The monoisotopic (exact) mass is 387 g/mol. The molecule has 0 saturated heterocycles. The average Bonchev–Trinajstić information content (AvgIpc) is 3.37. The second-order valence-electron chi connectivity index (χ2n) is 7.41. The fourth-order valence-corrected chi connectivity index (χ4v) is 3.32. The fourth-order valence-electron chi connectivity index (χ4n) is 3.32. The normalized spacial score (nSPS) is 11.3. The van der Waals surface area contributed by atoms with Crippen molar-refractivity contribution >= 4 is 0 Å². The van der Waals surface area contributed by atoms with Crippen molar-refractivity contribution in [1.82, 2.24) is 25.2 Å². The molecule has 0 atom stereocenters. The Morgan fingerprint density at radius 2 is 1.76 bits per heavy atom. The van der Waals surface area contributed by atoms with Gasteiger partial charge >= 0.3 is 0 Å². The van der Waals surface area contributed by atoms with Crippen molar-refractivity contribution in [2.24, 2.45) is 0 Å². The van der Waals surface area contributed by atoms with Crippen molar-refractivity contribution in [2.75, 3.05) is 0 Å². The molecule has 0 radical (unpaired) electrons. The van der Waals surface area contributed by atoms with Crippen LogP contribution in [0.15, 0.2) is 65.3 Å². The molecular weight excluding hydrogens is 362 g/mol. The Morgan fingerprint density at radius 3 is 2.52 bits per heavy atom. The summed E-state index contributed by atoms with van der Waals surface area (Å²) < 4.78 is 7.38. The molecule has 0 aliphatic carbocycles. The van der Waals surface area contributed by atoms with Crippen molar-refractivity contribution in [3.8, 4) is 17.1 Å². The zero-order valence-corrected chi connectivity index (χ0v) is 17.0. The summed E-state index contributed by atoms with van der Waals surface area (Å²) in [5.74, 6) is 1.54. The van der Waals surface area contributed by atoms with E-state index < -0.39 is 0 Å². The molecule has 0 aliphatic heterocycles. The highest BCUT2D eigenvalue weighted by molar-refractivity contribution is 5.57. The Hall–Kier alpha value is -3.25. The third kappa shape index (κ3) is 4.27. The highest BCUT2D eigenvalue weighted by atomic mass is 16.5. The number of aromatic nitrogens is 4. The van der Waals surface area contributed by atoms with Gasteiger partial charge in [0.1, 0.15) is 0 Å². The number of hydrogen-bond donors (Lipinski definition) is 1. The molecule has 2 aromatic heterocycles. The summed E-state index contributed by atoms with van der Waals surface area (Å²) in [4.78, 5) is 4.52. The molecule has 148 valence electrons. The van der Waals surface area contributed by atoms with E-state index in [0.717, 1.165) is 22.5 Å². The first-order valence-electron chi connectivity index (χ1n) is 9.85. The third-order valence-electron chi connectivity index (χ3n) is 4.83. The van der Waals surface area contributed by atoms with Crippen molar-refractivity contribution in [3.05, 3.63) is 83.4 Å². The highest BCUT2D eigenvalue weighted by Crippen LogP contribution is 2.22. The van der Waals surface area contributed by atoms with Gasteiger partial charge in [-0.2, -0.15) is 10.1 Å². The Bertz CT molecular complexity index is 1080. The van der Waals surface area contributed by atoms with Crippen molar-refractivity contribution in [2.45, 2.75) is 39.8 Å². The van der Waals surface area contributed by atoms with Crippen LogP contribution in [0.25, 0.3) is 17.1 Å². The molecule has 6 nitrogen and oxygen atoms in total. The van der Waals surface area contributed by atoms with Gasteiger partial charge in [0.2, 0.25) is 0 Å². The van der Waals surface area contributed by atoms with Crippen molar-refractivity contribution < 1.29 is 4.52 Å². The number of rotatable bonds is 7. The molecule has 0 fully saturated rings. The number of nitrogens with zero attached hydrogens (tertiary/aromatic N) is 4. The minimum atomic E-state index is 0.342. The van der Waals surface area contributed by atoms with Gasteiger partial charge in [-0.05, 0) is 36.6 Å². The number of benzene rings is 2. The summed E-state index contributed by atoms with van der Waals surface area (Å²) >= 11 is 0. The van der Waals surface area contributed by atoms with Crippen LogP contribution in [0.4, 0.5) is 0 Å².